The lowest BCUT2D eigenvalue weighted by molar-refractivity contribution is -0.148. The molecule has 3 amide bonds. The van der Waals surface area contributed by atoms with E-state index in [0.29, 0.717) is 6.54 Å². The fourth-order valence-corrected chi connectivity index (χ4v) is 5.23. The molecule has 1 unspecified atom stereocenters. The van der Waals surface area contributed by atoms with Crippen LogP contribution in [0.15, 0.2) is 0 Å². The number of amides is 3. The maximum absolute atomic E-state index is 13.2. The molecule has 3 rings (SSSR count). The molecule has 2 atom stereocenters. The van der Waals surface area contributed by atoms with Crippen molar-refractivity contribution in [3.05, 3.63) is 11.6 Å². The molecule has 2 aliphatic heterocycles. The first-order chi connectivity index (χ1) is 15.7. The van der Waals surface area contributed by atoms with Crippen molar-refractivity contribution in [3.8, 4) is 0 Å². The van der Waals surface area contributed by atoms with Crippen LogP contribution in [0.25, 0.3) is 0 Å². The number of hydrogen-bond acceptors (Lipinski definition) is 6. The zero-order valence-corrected chi connectivity index (χ0v) is 20.3. The van der Waals surface area contributed by atoms with Crippen LogP contribution in [-0.4, -0.2) is 94.7 Å². The predicted molar refractivity (Wildman–Crippen MR) is 117 cm³/mol. The van der Waals surface area contributed by atoms with Crippen molar-refractivity contribution >= 4 is 29.7 Å². The smallest absolute Gasteiger partial charge is 0.451 e. The lowest BCUT2D eigenvalue weighted by atomic mass is 10.0. The predicted octanol–water partition coefficient (Wildman–Crippen LogP) is 2.14. The summed E-state index contributed by atoms with van der Waals surface area (Å²) in [6, 6.07) is -0.824. The number of carbonyl (C=O) groups excluding carboxylic acids is 2. The monoisotopic (exact) mass is 506 g/mol. The first-order valence-corrected chi connectivity index (χ1v) is 11.9. The lowest BCUT2D eigenvalue weighted by Gasteiger charge is -2.43. The van der Waals surface area contributed by atoms with E-state index in [9.17, 15) is 32.7 Å². The SMILES string of the molecule is CC1CN(C[C@H](CC(=O)N2CCn3c(nnc3C(F)(F)F)C2)N(C(=O)O)C(C)(C)C)C(=O)CS1. The third-order valence-corrected chi connectivity index (χ3v) is 6.95. The first kappa shape index (κ1) is 26.1. The quantitative estimate of drug-likeness (QED) is 0.651. The van der Waals surface area contributed by atoms with Crippen molar-refractivity contribution in [1.29, 1.82) is 0 Å². The Labute approximate surface area is 199 Å². The first-order valence-electron chi connectivity index (χ1n) is 10.9. The Hall–Kier alpha value is -2.51. The van der Waals surface area contributed by atoms with Gasteiger partial charge >= 0.3 is 12.3 Å². The second-order valence-electron chi connectivity index (χ2n) is 9.51. The van der Waals surface area contributed by atoms with Crippen LogP contribution in [0.1, 0.15) is 45.8 Å². The fraction of sp³-hybridized carbons (Fsp3) is 0.750. The van der Waals surface area contributed by atoms with Crippen molar-refractivity contribution in [2.45, 2.75) is 70.2 Å². The maximum atomic E-state index is 13.2. The molecule has 190 valence electrons. The number of thioether (sulfide) groups is 1. The Bertz CT molecular complexity index is 948. The molecule has 1 aromatic heterocycles. The van der Waals surface area contributed by atoms with Gasteiger partial charge in [-0.05, 0) is 20.8 Å². The summed E-state index contributed by atoms with van der Waals surface area (Å²) in [6.45, 7) is 7.33. The van der Waals surface area contributed by atoms with Gasteiger partial charge in [0.15, 0.2) is 5.82 Å². The van der Waals surface area contributed by atoms with Gasteiger partial charge in [0.25, 0.3) is 0 Å². The van der Waals surface area contributed by atoms with Crippen LogP contribution in [0.5, 0.6) is 0 Å². The van der Waals surface area contributed by atoms with Gasteiger partial charge in [-0.3, -0.25) is 14.5 Å². The molecular formula is C20H29F3N6O4S. The second kappa shape index (κ2) is 9.62. The molecule has 1 fully saturated rings. The van der Waals surface area contributed by atoms with Crippen molar-refractivity contribution in [2.24, 2.45) is 0 Å². The largest absolute Gasteiger partial charge is 0.465 e. The van der Waals surface area contributed by atoms with Gasteiger partial charge < -0.3 is 19.5 Å². The molecule has 0 bridgehead atoms. The van der Waals surface area contributed by atoms with Crippen LogP contribution in [0.3, 0.4) is 0 Å². The zero-order chi connectivity index (χ0) is 25.4. The average Bonchev–Trinajstić information content (AvgIpc) is 3.13. The van der Waals surface area contributed by atoms with E-state index in [1.54, 1.807) is 25.7 Å². The van der Waals surface area contributed by atoms with E-state index in [2.05, 4.69) is 10.2 Å². The van der Waals surface area contributed by atoms with Gasteiger partial charge in [0.2, 0.25) is 17.6 Å². The van der Waals surface area contributed by atoms with Gasteiger partial charge in [0, 0.05) is 43.4 Å². The van der Waals surface area contributed by atoms with E-state index in [0.717, 1.165) is 4.57 Å². The van der Waals surface area contributed by atoms with E-state index < -0.39 is 35.6 Å². The minimum Gasteiger partial charge on any atom is -0.465 e. The highest BCUT2D eigenvalue weighted by Crippen LogP contribution is 2.30. The minimum absolute atomic E-state index is 0.0125. The zero-order valence-electron chi connectivity index (χ0n) is 19.5. The molecule has 1 aromatic rings. The number of carboxylic acid groups (broad SMARTS) is 1. The van der Waals surface area contributed by atoms with Crippen molar-refractivity contribution in [2.75, 3.05) is 25.4 Å². The lowest BCUT2D eigenvalue weighted by Crippen LogP contribution is -2.58. The van der Waals surface area contributed by atoms with Crippen LogP contribution in [0.2, 0.25) is 0 Å². The molecule has 34 heavy (non-hydrogen) atoms. The normalized spacial score (nSPS) is 20.2. The molecule has 14 heteroatoms. The van der Waals surface area contributed by atoms with E-state index in [4.69, 9.17) is 0 Å². The summed E-state index contributed by atoms with van der Waals surface area (Å²) in [7, 11) is 0. The summed E-state index contributed by atoms with van der Waals surface area (Å²) in [5.74, 6) is -1.34. The summed E-state index contributed by atoms with van der Waals surface area (Å²) in [4.78, 5) is 41.9. The molecule has 0 saturated carbocycles. The average molecular weight is 507 g/mol. The molecule has 0 radical (unpaired) electrons. The van der Waals surface area contributed by atoms with Gasteiger partial charge in [-0.15, -0.1) is 22.0 Å². The highest BCUT2D eigenvalue weighted by atomic mass is 32.2. The van der Waals surface area contributed by atoms with E-state index in [1.165, 1.54) is 21.6 Å². The summed E-state index contributed by atoms with van der Waals surface area (Å²) < 4.78 is 40.2. The Morgan fingerprint density at radius 2 is 1.91 bits per heavy atom. The van der Waals surface area contributed by atoms with Gasteiger partial charge in [-0.1, -0.05) is 6.92 Å². The third-order valence-electron chi connectivity index (χ3n) is 5.82. The molecule has 0 aromatic carbocycles. The minimum atomic E-state index is -4.65. The molecule has 1 N–H and O–H groups in total. The Morgan fingerprint density at radius 3 is 2.50 bits per heavy atom. The summed E-state index contributed by atoms with van der Waals surface area (Å²) in [5, 5.41) is 16.9. The van der Waals surface area contributed by atoms with Crippen LogP contribution < -0.4 is 0 Å². The van der Waals surface area contributed by atoms with Gasteiger partial charge in [0.05, 0.1) is 18.3 Å². The number of fused-ring (bicyclic) bond motifs is 1. The number of alkyl halides is 3. The Kier molecular flexibility index (Phi) is 7.39. The molecule has 0 spiro atoms. The van der Waals surface area contributed by atoms with Gasteiger partial charge in [-0.2, -0.15) is 13.2 Å². The molecule has 0 aliphatic carbocycles. The molecule has 1 saturated heterocycles. The standard InChI is InChI=1S/C20H29F3N6O4S/c1-12-8-27(16(31)11-34-12)9-13(29(18(32)33)19(2,3)4)7-15(30)26-5-6-28-14(10-26)24-25-17(28)20(21,22)23/h12-13H,5-11H2,1-4H3,(H,32,33)/t12?,13-/m0/s1. The number of hydrogen-bond donors (Lipinski definition) is 1. The van der Waals surface area contributed by atoms with E-state index in [1.807, 2.05) is 6.92 Å². The van der Waals surface area contributed by atoms with Gasteiger partial charge in [0.1, 0.15) is 0 Å². The molecule has 3 heterocycles. The summed E-state index contributed by atoms with van der Waals surface area (Å²) >= 11 is 1.52. The Morgan fingerprint density at radius 1 is 1.24 bits per heavy atom. The summed E-state index contributed by atoms with van der Waals surface area (Å²) in [6.07, 6.45) is -6.08. The Balaban J connectivity index is 1.80. The molecule has 2 aliphatic rings. The number of carbonyl (C=O) groups is 3. The van der Waals surface area contributed by atoms with Crippen LogP contribution in [-0.2, 0) is 28.9 Å². The molecule has 10 nitrogen and oxygen atoms in total. The van der Waals surface area contributed by atoms with Crippen LogP contribution >= 0.6 is 11.8 Å². The maximum Gasteiger partial charge on any atom is 0.451 e. The third kappa shape index (κ3) is 5.76. The van der Waals surface area contributed by atoms with Crippen molar-refractivity contribution in [3.63, 3.8) is 0 Å². The summed E-state index contributed by atoms with van der Waals surface area (Å²) in [5.41, 5.74) is -0.848. The van der Waals surface area contributed by atoms with Gasteiger partial charge in [-0.25, -0.2) is 4.79 Å². The number of halogens is 3. The van der Waals surface area contributed by atoms with E-state index in [-0.39, 0.29) is 55.3 Å². The topological polar surface area (TPSA) is 112 Å². The van der Waals surface area contributed by atoms with Crippen LogP contribution in [0.4, 0.5) is 18.0 Å². The number of nitrogens with zero attached hydrogens (tertiary/aromatic N) is 6. The highest BCUT2D eigenvalue weighted by molar-refractivity contribution is 8.00. The molecular weight excluding hydrogens is 477 g/mol. The number of rotatable bonds is 5. The van der Waals surface area contributed by atoms with Crippen molar-refractivity contribution < 1.29 is 32.7 Å². The van der Waals surface area contributed by atoms with Crippen molar-refractivity contribution in [1.82, 2.24) is 29.5 Å². The fourth-order valence-electron chi connectivity index (χ4n) is 4.34. The van der Waals surface area contributed by atoms with E-state index >= 15 is 0 Å². The highest BCUT2D eigenvalue weighted by Gasteiger charge is 2.41. The number of aromatic nitrogens is 3. The second-order valence-corrected chi connectivity index (χ2v) is 10.9. The van der Waals surface area contributed by atoms with Crippen LogP contribution in [0, 0.1) is 0 Å².